The van der Waals surface area contributed by atoms with E-state index < -0.39 is 12.1 Å². The van der Waals surface area contributed by atoms with E-state index in [9.17, 15) is 9.90 Å². The van der Waals surface area contributed by atoms with E-state index >= 15 is 0 Å². The summed E-state index contributed by atoms with van der Waals surface area (Å²) in [5.41, 5.74) is 0.925. The molecule has 3 rings (SSSR count). The Morgan fingerprint density at radius 2 is 2.04 bits per heavy atom. The van der Waals surface area contributed by atoms with Crippen LogP contribution in [0.25, 0.3) is 11.4 Å². The fourth-order valence-corrected chi connectivity index (χ4v) is 3.67. The van der Waals surface area contributed by atoms with Crippen LogP contribution in [0, 0.1) is 4.77 Å². The summed E-state index contributed by atoms with van der Waals surface area (Å²) in [5.74, 6) is 1.16. The zero-order chi connectivity index (χ0) is 19.6. The number of ether oxygens (including phenoxy) is 2. The van der Waals surface area contributed by atoms with Crippen molar-refractivity contribution in [3.05, 3.63) is 29.0 Å². The van der Waals surface area contributed by atoms with Gasteiger partial charge in [-0.05, 0) is 43.4 Å². The van der Waals surface area contributed by atoms with Gasteiger partial charge in [0.1, 0.15) is 11.8 Å². The molecule has 1 saturated heterocycles. The third-order valence-electron chi connectivity index (χ3n) is 4.76. The first-order valence-corrected chi connectivity index (χ1v) is 9.21. The van der Waals surface area contributed by atoms with Gasteiger partial charge in [-0.15, -0.1) is 0 Å². The van der Waals surface area contributed by atoms with Crippen LogP contribution in [0.1, 0.15) is 13.3 Å². The van der Waals surface area contributed by atoms with Crippen LogP contribution >= 0.6 is 12.2 Å². The number of aromatic nitrogens is 3. The standard InChI is InChI=1S/C18H24N4O4S/c1-4-21-16(12-5-7-14(25-2)8-6-12)19-22(18(21)27)11-20-10-13(23)9-15(20)17(24)26-3/h5-8,13,15,23H,4,9-11H2,1-3H3/t13-,15-/m0/s1. The number of benzene rings is 1. The molecular formula is C18H24N4O4S. The predicted molar refractivity (Wildman–Crippen MR) is 102 cm³/mol. The van der Waals surface area contributed by atoms with Crippen molar-refractivity contribution in [1.82, 2.24) is 19.2 Å². The van der Waals surface area contributed by atoms with E-state index in [1.165, 1.54) is 7.11 Å². The number of likely N-dealkylation sites (tertiary alicyclic amines) is 1. The minimum atomic E-state index is -0.572. The fourth-order valence-electron chi connectivity index (χ4n) is 3.36. The Morgan fingerprint density at radius 3 is 2.63 bits per heavy atom. The van der Waals surface area contributed by atoms with Gasteiger partial charge >= 0.3 is 5.97 Å². The SMILES string of the molecule is CCn1c(-c2ccc(OC)cc2)nn(CN2C[C@@H](O)C[C@H]2C(=O)OC)c1=S. The molecule has 1 N–H and O–H groups in total. The summed E-state index contributed by atoms with van der Waals surface area (Å²) in [4.78, 5) is 13.9. The zero-order valence-electron chi connectivity index (χ0n) is 15.7. The van der Waals surface area contributed by atoms with Crippen molar-refractivity contribution in [3.8, 4) is 17.1 Å². The number of rotatable bonds is 6. The van der Waals surface area contributed by atoms with Crippen LogP contribution in [-0.2, 0) is 22.7 Å². The number of carbonyl (C=O) groups is 1. The highest BCUT2D eigenvalue weighted by atomic mass is 32.1. The number of β-amino-alcohol motifs (C(OH)–C–C–N with tert-alkyl or cyclic N) is 1. The van der Waals surface area contributed by atoms with Crippen LogP contribution in [0.2, 0.25) is 0 Å². The lowest BCUT2D eigenvalue weighted by Gasteiger charge is -2.21. The van der Waals surface area contributed by atoms with E-state index in [1.807, 2.05) is 40.7 Å². The van der Waals surface area contributed by atoms with Crippen molar-refractivity contribution in [3.63, 3.8) is 0 Å². The fraction of sp³-hybridized carbons (Fsp3) is 0.500. The second-order valence-corrected chi connectivity index (χ2v) is 6.78. The zero-order valence-corrected chi connectivity index (χ0v) is 16.5. The number of hydrogen-bond donors (Lipinski definition) is 1. The number of aliphatic hydroxyl groups excluding tert-OH is 1. The van der Waals surface area contributed by atoms with Crippen molar-refractivity contribution in [2.75, 3.05) is 20.8 Å². The number of methoxy groups -OCH3 is 2. The highest BCUT2D eigenvalue weighted by Crippen LogP contribution is 2.24. The van der Waals surface area contributed by atoms with E-state index in [4.69, 9.17) is 21.7 Å². The molecule has 146 valence electrons. The average Bonchev–Trinajstić information content (AvgIpc) is 3.21. The van der Waals surface area contributed by atoms with Crippen molar-refractivity contribution < 1.29 is 19.4 Å². The summed E-state index contributed by atoms with van der Waals surface area (Å²) in [7, 11) is 2.98. The van der Waals surface area contributed by atoms with Crippen LogP contribution in [0.3, 0.4) is 0 Å². The van der Waals surface area contributed by atoms with Gasteiger partial charge in [0.05, 0.1) is 27.0 Å². The van der Waals surface area contributed by atoms with Gasteiger partial charge < -0.3 is 19.1 Å². The molecular weight excluding hydrogens is 368 g/mol. The Bertz CT molecular complexity index is 861. The quantitative estimate of drug-likeness (QED) is 0.592. The summed E-state index contributed by atoms with van der Waals surface area (Å²) in [5, 5.41) is 14.6. The number of esters is 1. The van der Waals surface area contributed by atoms with Crippen molar-refractivity contribution in [2.24, 2.45) is 0 Å². The number of nitrogens with zero attached hydrogens (tertiary/aromatic N) is 4. The van der Waals surface area contributed by atoms with E-state index in [0.717, 1.165) is 17.1 Å². The molecule has 1 fully saturated rings. The molecule has 0 radical (unpaired) electrons. The van der Waals surface area contributed by atoms with Gasteiger partial charge in [0.15, 0.2) is 10.6 Å². The van der Waals surface area contributed by atoms with Crippen LogP contribution in [-0.4, -0.2) is 63.2 Å². The maximum Gasteiger partial charge on any atom is 0.323 e. The van der Waals surface area contributed by atoms with Crippen molar-refractivity contribution in [2.45, 2.75) is 38.7 Å². The molecule has 2 heterocycles. The van der Waals surface area contributed by atoms with Gasteiger partial charge in [-0.2, -0.15) is 5.10 Å². The third-order valence-corrected chi connectivity index (χ3v) is 5.19. The molecule has 0 saturated carbocycles. The molecule has 0 aliphatic carbocycles. The molecule has 1 aliphatic heterocycles. The van der Waals surface area contributed by atoms with Crippen LogP contribution in [0.15, 0.2) is 24.3 Å². The lowest BCUT2D eigenvalue weighted by molar-refractivity contribution is -0.146. The maximum atomic E-state index is 12.0. The molecule has 2 atom stereocenters. The number of carbonyl (C=O) groups excluding carboxylic acids is 1. The van der Waals surface area contributed by atoms with Gasteiger partial charge in [-0.1, -0.05) is 0 Å². The Kier molecular flexibility index (Phi) is 5.93. The Balaban J connectivity index is 1.91. The Morgan fingerprint density at radius 1 is 1.33 bits per heavy atom. The first kappa shape index (κ1) is 19.5. The van der Waals surface area contributed by atoms with E-state index in [1.54, 1.807) is 11.8 Å². The van der Waals surface area contributed by atoms with Gasteiger partial charge in [-0.25, -0.2) is 4.68 Å². The first-order chi connectivity index (χ1) is 13.0. The highest BCUT2D eigenvalue weighted by Gasteiger charge is 2.37. The monoisotopic (exact) mass is 392 g/mol. The topological polar surface area (TPSA) is 81.8 Å². The molecule has 1 aliphatic rings. The summed E-state index contributed by atoms with van der Waals surface area (Å²) in [6.45, 7) is 3.36. The van der Waals surface area contributed by atoms with Gasteiger partial charge in [0.25, 0.3) is 0 Å². The maximum absolute atomic E-state index is 12.0. The van der Waals surface area contributed by atoms with Crippen LogP contribution in [0.4, 0.5) is 0 Å². The molecule has 0 spiro atoms. The number of aliphatic hydroxyl groups is 1. The second-order valence-electron chi connectivity index (χ2n) is 6.42. The van der Waals surface area contributed by atoms with Crippen LogP contribution < -0.4 is 4.74 Å². The second kappa shape index (κ2) is 8.20. The minimum Gasteiger partial charge on any atom is -0.497 e. The lowest BCUT2D eigenvalue weighted by atomic mass is 10.2. The van der Waals surface area contributed by atoms with E-state index in [0.29, 0.717) is 31.0 Å². The average molecular weight is 392 g/mol. The minimum absolute atomic E-state index is 0.311. The molecule has 27 heavy (non-hydrogen) atoms. The van der Waals surface area contributed by atoms with E-state index in [-0.39, 0.29) is 5.97 Å². The van der Waals surface area contributed by atoms with Crippen molar-refractivity contribution >= 4 is 18.2 Å². The summed E-state index contributed by atoms with van der Waals surface area (Å²) < 4.78 is 14.3. The molecule has 9 heteroatoms. The Labute approximate surface area is 162 Å². The Hall–Kier alpha value is -2.23. The van der Waals surface area contributed by atoms with Gasteiger partial charge in [-0.3, -0.25) is 9.69 Å². The molecule has 0 unspecified atom stereocenters. The highest BCUT2D eigenvalue weighted by molar-refractivity contribution is 7.71. The summed E-state index contributed by atoms with van der Waals surface area (Å²) in [6, 6.07) is 7.12. The normalized spacial score (nSPS) is 20.0. The largest absolute Gasteiger partial charge is 0.497 e. The van der Waals surface area contributed by atoms with Crippen LogP contribution in [0.5, 0.6) is 5.75 Å². The third kappa shape index (κ3) is 3.90. The molecule has 0 bridgehead atoms. The molecule has 1 aromatic carbocycles. The lowest BCUT2D eigenvalue weighted by Crippen LogP contribution is -2.38. The van der Waals surface area contributed by atoms with E-state index in [2.05, 4.69) is 5.10 Å². The van der Waals surface area contributed by atoms with Gasteiger partial charge in [0, 0.05) is 25.1 Å². The molecule has 8 nitrogen and oxygen atoms in total. The first-order valence-electron chi connectivity index (χ1n) is 8.80. The molecule has 0 amide bonds. The summed E-state index contributed by atoms with van der Waals surface area (Å²) >= 11 is 5.59. The van der Waals surface area contributed by atoms with Crippen molar-refractivity contribution in [1.29, 1.82) is 0 Å². The molecule has 1 aromatic heterocycles. The predicted octanol–water partition coefficient (Wildman–Crippen LogP) is 1.68. The number of hydrogen-bond acceptors (Lipinski definition) is 7. The molecule has 2 aromatic rings. The van der Waals surface area contributed by atoms with Gasteiger partial charge in [0.2, 0.25) is 0 Å². The smallest absolute Gasteiger partial charge is 0.323 e. The summed E-state index contributed by atoms with van der Waals surface area (Å²) in [6.07, 6.45) is -0.225.